The number of piperidine rings is 1. The lowest BCUT2D eigenvalue weighted by molar-refractivity contribution is -0.124. The van der Waals surface area contributed by atoms with Gasteiger partial charge in [-0.3, -0.25) is 9.59 Å². The first kappa shape index (κ1) is 16.5. The van der Waals surface area contributed by atoms with E-state index in [1.807, 2.05) is 53.0 Å². The van der Waals surface area contributed by atoms with Crippen LogP contribution in [-0.4, -0.2) is 34.2 Å². The van der Waals surface area contributed by atoms with Crippen molar-refractivity contribution in [2.24, 2.45) is 13.0 Å². The van der Waals surface area contributed by atoms with Crippen LogP contribution in [0.4, 0.5) is 0 Å². The van der Waals surface area contributed by atoms with Crippen molar-refractivity contribution in [2.75, 3.05) is 13.1 Å². The molecular weight excluding hydrogens is 300 g/mol. The highest BCUT2D eigenvalue weighted by Gasteiger charge is 2.29. The van der Waals surface area contributed by atoms with Crippen molar-refractivity contribution >= 4 is 11.7 Å². The Morgan fingerprint density at radius 1 is 1.12 bits per heavy atom. The number of benzene rings is 1. The molecular formula is C20H24N2O2. The minimum atomic E-state index is -0.0216. The first-order valence-electron chi connectivity index (χ1n) is 8.62. The summed E-state index contributed by atoms with van der Waals surface area (Å²) in [4.78, 5) is 27.0. The second-order valence-corrected chi connectivity index (χ2v) is 6.55. The maximum absolute atomic E-state index is 12.6. The van der Waals surface area contributed by atoms with E-state index in [0.29, 0.717) is 18.7 Å². The Bertz CT molecular complexity index is 705. The van der Waals surface area contributed by atoms with Gasteiger partial charge in [0.2, 0.25) is 0 Å². The molecule has 1 saturated heterocycles. The number of carbonyl (C=O) groups is 2. The second kappa shape index (κ2) is 7.47. The molecule has 3 rings (SSSR count). The molecule has 1 aromatic heterocycles. The van der Waals surface area contributed by atoms with E-state index in [2.05, 4.69) is 12.1 Å². The van der Waals surface area contributed by atoms with Gasteiger partial charge in [0.25, 0.3) is 5.91 Å². The molecule has 24 heavy (non-hydrogen) atoms. The Balaban J connectivity index is 1.58. The highest BCUT2D eigenvalue weighted by molar-refractivity contribution is 5.93. The lowest BCUT2D eigenvalue weighted by Crippen LogP contribution is -2.42. The van der Waals surface area contributed by atoms with Crippen LogP contribution in [0.25, 0.3) is 0 Å². The number of hydrogen-bond acceptors (Lipinski definition) is 2. The molecule has 0 N–H and O–H groups in total. The van der Waals surface area contributed by atoms with Gasteiger partial charge in [0, 0.05) is 38.7 Å². The summed E-state index contributed by atoms with van der Waals surface area (Å²) in [5, 5.41) is 0. The van der Waals surface area contributed by atoms with E-state index in [1.165, 1.54) is 5.56 Å². The van der Waals surface area contributed by atoms with Crippen LogP contribution in [0.15, 0.2) is 48.7 Å². The molecule has 0 unspecified atom stereocenters. The third-order valence-electron chi connectivity index (χ3n) is 4.83. The minimum absolute atomic E-state index is 0.0216. The van der Waals surface area contributed by atoms with Gasteiger partial charge in [0.15, 0.2) is 0 Å². The van der Waals surface area contributed by atoms with E-state index in [0.717, 1.165) is 25.8 Å². The number of aromatic nitrogens is 1. The van der Waals surface area contributed by atoms with Gasteiger partial charge in [-0.2, -0.15) is 0 Å². The Kier molecular flexibility index (Phi) is 5.14. The molecule has 126 valence electrons. The summed E-state index contributed by atoms with van der Waals surface area (Å²) < 4.78 is 1.84. The Morgan fingerprint density at radius 2 is 1.92 bits per heavy atom. The SMILES string of the molecule is Cn1cccc1C(=O)N1CCC[C@H](C(=O)CCc2ccccc2)C1. The van der Waals surface area contributed by atoms with E-state index in [9.17, 15) is 9.59 Å². The number of rotatable bonds is 5. The van der Waals surface area contributed by atoms with Crippen molar-refractivity contribution in [3.8, 4) is 0 Å². The molecule has 1 aliphatic rings. The molecule has 4 heteroatoms. The van der Waals surface area contributed by atoms with Gasteiger partial charge in [-0.25, -0.2) is 0 Å². The largest absolute Gasteiger partial charge is 0.347 e. The van der Waals surface area contributed by atoms with Crippen LogP contribution in [0.2, 0.25) is 0 Å². The lowest BCUT2D eigenvalue weighted by Gasteiger charge is -2.32. The van der Waals surface area contributed by atoms with Crippen molar-refractivity contribution in [3.63, 3.8) is 0 Å². The molecule has 0 bridgehead atoms. The molecule has 0 aliphatic carbocycles. The number of carbonyl (C=O) groups excluding carboxylic acids is 2. The number of likely N-dealkylation sites (tertiary alicyclic amines) is 1. The van der Waals surface area contributed by atoms with Crippen LogP contribution in [0.3, 0.4) is 0 Å². The number of nitrogens with zero attached hydrogens (tertiary/aromatic N) is 2. The highest BCUT2D eigenvalue weighted by atomic mass is 16.2. The maximum atomic E-state index is 12.6. The van der Waals surface area contributed by atoms with Crippen molar-refractivity contribution in [3.05, 3.63) is 59.9 Å². The topological polar surface area (TPSA) is 42.3 Å². The lowest BCUT2D eigenvalue weighted by atomic mass is 9.90. The van der Waals surface area contributed by atoms with Gasteiger partial charge >= 0.3 is 0 Å². The number of hydrogen-bond donors (Lipinski definition) is 0. The van der Waals surface area contributed by atoms with Crippen molar-refractivity contribution in [1.82, 2.24) is 9.47 Å². The molecule has 1 fully saturated rings. The number of Topliss-reactive ketones (excluding diaryl/α,β-unsaturated/α-hetero) is 1. The van der Waals surface area contributed by atoms with E-state index < -0.39 is 0 Å². The van der Waals surface area contributed by atoms with Gasteiger partial charge in [0.05, 0.1) is 0 Å². The van der Waals surface area contributed by atoms with Crippen LogP contribution >= 0.6 is 0 Å². The summed E-state index contributed by atoms with van der Waals surface area (Å²) in [7, 11) is 1.87. The monoisotopic (exact) mass is 324 g/mol. The summed E-state index contributed by atoms with van der Waals surface area (Å²) in [6.07, 6.45) is 5.00. The van der Waals surface area contributed by atoms with Crippen molar-refractivity contribution < 1.29 is 9.59 Å². The third kappa shape index (κ3) is 3.75. The molecule has 0 radical (unpaired) electrons. The molecule has 0 spiro atoms. The molecule has 2 heterocycles. The van der Waals surface area contributed by atoms with Crippen LogP contribution in [-0.2, 0) is 18.3 Å². The predicted octanol–water partition coefficient (Wildman–Crippen LogP) is 3.08. The average Bonchev–Trinajstić information content (AvgIpc) is 3.06. The Hall–Kier alpha value is -2.36. The zero-order valence-electron chi connectivity index (χ0n) is 14.1. The fourth-order valence-electron chi connectivity index (χ4n) is 3.39. The van der Waals surface area contributed by atoms with Gasteiger partial charge in [-0.15, -0.1) is 0 Å². The molecule has 4 nitrogen and oxygen atoms in total. The molecule has 1 atom stereocenters. The number of amides is 1. The van der Waals surface area contributed by atoms with Gasteiger partial charge in [0.1, 0.15) is 11.5 Å². The molecule has 1 aromatic carbocycles. The van der Waals surface area contributed by atoms with Gasteiger partial charge in [-0.05, 0) is 37.0 Å². The van der Waals surface area contributed by atoms with Crippen molar-refractivity contribution in [1.29, 1.82) is 0 Å². The fourth-order valence-corrected chi connectivity index (χ4v) is 3.39. The normalized spacial score (nSPS) is 17.7. The van der Waals surface area contributed by atoms with E-state index in [1.54, 1.807) is 0 Å². The standard InChI is InChI=1S/C20H24N2O2/c1-21-13-6-10-18(21)20(24)22-14-5-9-17(15-22)19(23)12-11-16-7-3-2-4-8-16/h2-4,6-8,10,13,17H,5,9,11-12,14-15H2,1H3/t17-/m0/s1. The van der Waals surface area contributed by atoms with E-state index >= 15 is 0 Å². The van der Waals surface area contributed by atoms with Gasteiger partial charge < -0.3 is 9.47 Å². The summed E-state index contributed by atoms with van der Waals surface area (Å²) in [5.41, 5.74) is 1.88. The summed E-state index contributed by atoms with van der Waals surface area (Å²) in [6, 6.07) is 13.8. The van der Waals surface area contributed by atoms with Crippen LogP contribution in [0.1, 0.15) is 35.3 Å². The molecule has 2 aromatic rings. The van der Waals surface area contributed by atoms with Crippen LogP contribution in [0, 0.1) is 5.92 Å². The van der Waals surface area contributed by atoms with Crippen LogP contribution in [0.5, 0.6) is 0 Å². The zero-order valence-corrected chi connectivity index (χ0v) is 14.1. The summed E-state index contributed by atoms with van der Waals surface area (Å²) >= 11 is 0. The Labute approximate surface area is 143 Å². The number of ketones is 1. The minimum Gasteiger partial charge on any atom is -0.347 e. The van der Waals surface area contributed by atoms with Gasteiger partial charge in [-0.1, -0.05) is 30.3 Å². The zero-order chi connectivity index (χ0) is 16.9. The molecule has 1 amide bonds. The first-order chi connectivity index (χ1) is 11.6. The molecule has 0 saturated carbocycles. The number of aryl methyl sites for hydroxylation is 2. The summed E-state index contributed by atoms with van der Waals surface area (Å²) in [5.74, 6) is 0.290. The summed E-state index contributed by atoms with van der Waals surface area (Å²) in [6.45, 7) is 1.30. The van der Waals surface area contributed by atoms with Crippen molar-refractivity contribution in [2.45, 2.75) is 25.7 Å². The van der Waals surface area contributed by atoms with Crippen LogP contribution < -0.4 is 0 Å². The quantitative estimate of drug-likeness (QED) is 0.848. The van der Waals surface area contributed by atoms with E-state index in [4.69, 9.17) is 0 Å². The Morgan fingerprint density at radius 3 is 2.62 bits per heavy atom. The van der Waals surface area contributed by atoms with E-state index in [-0.39, 0.29) is 17.6 Å². The molecule has 1 aliphatic heterocycles. The first-order valence-corrected chi connectivity index (χ1v) is 8.62. The maximum Gasteiger partial charge on any atom is 0.270 e. The fraction of sp³-hybridized carbons (Fsp3) is 0.400. The predicted molar refractivity (Wildman–Crippen MR) is 93.8 cm³/mol. The highest BCUT2D eigenvalue weighted by Crippen LogP contribution is 2.21. The second-order valence-electron chi connectivity index (χ2n) is 6.55. The smallest absolute Gasteiger partial charge is 0.270 e. The average molecular weight is 324 g/mol. The third-order valence-corrected chi connectivity index (χ3v) is 4.83.